The molecule has 0 spiro atoms. The van der Waals surface area contributed by atoms with E-state index in [9.17, 15) is 18.3 Å². The molecule has 0 aromatic heterocycles. The molecule has 4 atom stereocenters. The van der Waals surface area contributed by atoms with E-state index in [0.29, 0.717) is 44.9 Å². The fourth-order valence-corrected chi connectivity index (χ4v) is 8.92. The molecule has 2 bridgehead atoms. The van der Waals surface area contributed by atoms with Crippen LogP contribution in [-0.4, -0.2) is 86.9 Å². The molecule has 2 N–H and O–H groups in total. The van der Waals surface area contributed by atoms with Crippen LogP contribution < -0.4 is 9.46 Å². The number of carbonyl (C=O) groups is 1. The molecule has 2 aromatic rings. The number of piperidine rings is 1. The fourth-order valence-electron chi connectivity index (χ4n) is 7.66. The number of aliphatic hydroxyl groups excluding tert-OH is 1. The van der Waals surface area contributed by atoms with Gasteiger partial charge in [-0.05, 0) is 82.2 Å². The van der Waals surface area contributed by atoms with Gasteiger partial charge in [-0.3, -0.25) is 9.69 Å². The first-order valence-corrected chi connectivity index (χ1v) is 17.7. The van der Waals surface area contributed by atoms with Gasteiger partial charge in [0, 0.05) is 43.7 Å². The van der Waals surface area contributed by atoms with Crippen molar-refractivity contribution in [1.82, 2.24) is 14.5 Å². The van der Waals surface area contributed by atoms with E-state index in [1.165, 1.54) is 0 Å². The molecule has 44 heavy (non-hydrogen) atoms. The summed E-state index contributed by atoms with van der Waals surface area (Å²) in [6.45, 7) is 5.75. The molecular formula is C34H49N3O6S. The SMILES string of the molecule is CCOCCN(C(=O)C1CCCC1)[C@@](C)(c1ccccc1)[C@H](O)CN1C2CCC1CC(NS(=O)(=O)c1ccc(OC)cc1)C2. The van der Waals surface area contributed by atoms with Crippen LogP contribution in [0.2, 0.25) is 0 Å². The number of rotatable bonds is 14. The first-order valence-electron chi connectivity index (χ1n) is 16.2. The van der Waals surface area contributed by atoms with Gasteiger partial charge >= 0.3 is 0 Å². The van der Waals surface area contributed by atoms with Gasteiger partial charge in [-0.25, -0.2) is 13.1 Å². The first-order chi connectivity index (χ1) is 21.2. The molecule has 5 rings (SSSR count). The Morgan fingerprint density at radius 1 is 1.05 bits per heavy atom. The number of methoxy groups -OCH3 is 1. The summed E-state index contributed by atoms with van der Waals surface area (Å²) in [5.41, 5.74) is -0.0468. The van der Waals surface area contributed by atoms with Crippen molar-refractivity contribution in [3.63, 3.8) is 0 Å². The van der Waals surface area contributed by atoms with Gasteiger partial charge in [0.15, 0.2) is 0 Å². The van der Waals surface area contributed by atoms with E-state index in [4.69, 9.17) is 9.47 Å². The molecule has 1 aliphatic carbocycles. The van der Waals surface area contributed by atoms with E-state index in [-0.39, 0.29) is 34.8 Å². The molecule has 2 heterocycles. The summed E-state index contributed by atoms with van der Waals surface area (Å²) >= 11 is 0. The molecule has 10 heteroatoms. The smallest absolute Gasteiger partial charge is 0.240 e. The third-order valence-corrected chi connectivity index (χ3v) is 11.7. The quantitative estimate of drug-likeness (QED) is 0.301. The van der Waals surface area contributed by atoms with E-state index >= 15 is 0 Å². The Kier molecular flexibility index (Phi) is 10.7. The summed E-state index contributed by atoms with van der Waals surface area (Å²) in [5, 5.41) is 12.2. The van der Waals surface area contributed by atoms with Crippen molar-refractivity contribution in [3.8, 4) is 5.75 Å². The molecular weight excluding hydrogens is 578 g/mol. The number of hydrogen-bond donors (Lipinski definition) is 2. The Bertz CT molecular complexity index is 1320. The second-order valence-electron chi connectivity index (χ2n) is 12.7. The van der Waals surface area contributed by atoms with E-state index in [2.05, 4.69) is 9.62 Å². The summed E-state index contributed by atoms with van der Waals surface area (Å²) < 4.78 is 40.2. The van der Waals surface area contributed by atoms with Crippen LogP contribution in [0.15, 0.2) is 59.5 Å². The van der Waals surface area contributed by atoms with Gasteiger partial charge in [-0.15, -0.1) is 0 Å². The lowest BCUT2D eigenvalue weighted by atomic mass is 9.82. The van der Waals surface area contributed by atoms with Gasteiger partial charge in [-0.2, -0.15) is 0 Å². The maximum Gasteiger partial charge on any atom is 0.240 e. The highest BCUT2D eigenvalue weighted by atomic mass is 32.2. The number of benzene rings is 2. The molecule has 242 valence electrons. The zero-order valence-corrected chi connectivity index (χ0v) is 27.2. The number of aliphatic hydroxyl groups is 1. The Morgan fingerprint density at radius 2 is 1.68 bits per heavy atom. The van der Waals surface area contributed by atoms with E-state index < -0.39 is 21.7 Å². The largest absolute Gasteiger partial charge is 0.497 e. The molecule has 3 aliphatic rings. The lowest BCUT2D eigenvalue weighted by Crippen LogP contribution is -2.61. The zero-order chi connectivity index (χ0) is 31.3. The lowest BCUT2D eigenvalue weighted by Gasteiger charge is -2.48. The molecule has 2 saturated heterocycles. The number of carbonyl (C=O) groups excluding carboxylic acids is 1. The van der Waals surface area contributed by atoms with Crippen LogP contribution in [0.3, 0.4) is 0 Å². The van der Waals surface area contributed by atoms with Gasteiger partial charge < -0.3 is 19.5 Å². The average molecular weight is 628 g/mol. The minimum atomic E-state index is -3.67. The average Bonchev–Trinajstić information content (AvgIpc) is 3.65. The highest BCUT2D eigenvalue weighted by molar-refractivity contribution is 7.89. The highest BCUT2D eigenvalue weighted by Crippen LogP contribution is 2.41. The van der Waals surface area contributed by atoms with Gasteiger partial charge in [-0.1, -0.05) is 43.2 Å². The first kappa shape index (κ1) is 32.9. The summed E-state index contributed by atoms with van der Waals surface area (Å²) in [7, 11) is -2.12. The number of fused-ring (bicyclic) bond motifs is 2. The third kappa shape index (κ3) is 6.99. The molecule has 2 unspecified atom stereocenters. The molecule has 3 fully saturated rings. The Balaban J connectivity index is 1.34. The van der Waals surface area contributed by atoms with Crippen molar-refractivity contribution in [2.24, 2.45) is 5.92 Å². The van der Waals surface area contributed by atoms with Crippen LogP contribution in [0.25, 0.3) is 0 Å². The standard InChI is InChI=1S/C34H49N3O6S/c1-4-43-21-20-37(33(39)25-10-8-9-11-25)34(2,26-12-6-5-7-13-26)32(38)24-36-28-14-15-29(36)23-27(22-28)35-44(40,41)31-18-16-30(42-3)17-19-31/h5-7,12-13,16-19,25,27-29,32,35,38H,4,8-11,14-15,20-24H2,1-3H3/t27?,28?,29?,32-,34+/m1/s1. The van der Waals surface area contributed by atoms with Crippen molar-refractivity contribution >= 4 is 15.9 Å². The molecule has 2 aliphatic heterocycles. The van der Waals surface area contributed by atoms with Crippen molar-refractivity contribution in [2.75, 3.05) is 33.4 Å². The second-order valence-corrected chi connectivity index (χ2v) is 14.5. The minimum Gasteiger partial charge on any atom is -0.497 e. The molecule has 9 nitrogen and oxygen atoms in total. The van der Waals surface area contributed by atoms with Gasteiger partial charge in [0.1, 0.15) is 5.75 Å². The number of sulfonamides is 1. The number of hydrogen-bond acceptors (Lipinski definition) is 7. The third-order valence-electron chi connectivity index (χ3n) is 10.2. The second kappa shape index (κ2) is 14.3. The van der Waals surface area contributed by atoms with Crippen LogP contribution >= 0.6 is 0 Å². The number of nitrogens with one attached hydrogen (secondary N) is 1. The highest BCUT2D eigenvalue weighted by Gasteiger charge is 2.49. The molecule has 1 saturated carbocycles. The van der Waals surface area contributed by atoms with Crippen molar-refractivity contribution in [3.05, 3.63) is 60.2 Å². The Morgan fingerprint density at radius 3 is 2.27 bits per heavy atom. The number of ether oxygens (including phenoxy) is 2. The zero-order valence-electron chi connectivity index (χ0n) is 26.4. The topological polar surface area (TPSA) is 108 Å². The van der Waals surface area contributed by atoms with E-state index in [0.717, 1.165) is 44.1 Å². The lowest BCUT2D eigenvalue weighted by molar-refractivity contribution is -0.151. The van der Waals surface area contributed by atoms with Crippen LogP contribution in [0.1, 0.15) is 70.8 Å². The van der Waals surface area contributed by atoms with Gasteiger partial charge in [0.2, 0.25) is 15.9 Å². The maximum atomic E-state index is 14.1. The normalized spacial score (nSPS) is 24.6. The molecule has 1 amide bonds. The van der Waals surface area contributed by atoms with Crippen LogP contribution in [-0.2, 0) is 25.1 Å². The van der Waals surface area contributed by atoms with Crippen LogP contribution in [0.5, 0.6) is 5.75 Å². The van der Waals surface area contributed by atoms with Crippen molar-refractivity contribution < 1.29 is 27.8 Å². The summed E-state index contributed by atoms with van der Waals surface area (Å²) in [4.78, 5) is 18.6. The van der Waals surface area contributed by atoms with E-state index in [1.807, 2.05) is 49.1 Å². The van der Waals surface area contributed by atoms with Gasteiger partial charge in [0.05, 0.1) is 30.3 Å². The van der Waals surface area contributed by atoms with Crippen LogP contribution in [0, 0.1) is 5.92 Å². The summed E-state index contributed by atoms with van der Waals surface area (Å²) in [6, 6.07) is 16.5. The maximum absolute atomic E-state index is 14.1. The Hall–Kier alpha value is -2.50. The summed E-state index contributed by atoms with van der Waals surface area (Å²) in [5.74, 6) is 0.678. The number of nitrogens with zero attached hydrogens (tertiary/aromatic N) is 2. The van der Waals surface area contributed by atoms with Crippen LogP contribution in [0.4, 0.5) is 0 Å². The predicted octanol–water partition coefficient (Wildman–Crippen LogP) is 4.30. The Labute approximate surface area is 263 Å². The minimum absolute atomic E-state index is 0.0301. The monoisotopic (exact) mass is 627 g/mol. The fraction of sp³-hybridized carbons (Fsp3) is 0.618. The summed E-state index contributed by atoms with van der Waals surface area (Å²) in [6.07, 6.45) is 6.29. The van der Waals surface area contributed by atoms with Gasteiger partial charge in [0.25, 0.3) is 0 Å². The predicted molar refractivity (Wildman–Crippen MR) is 170 cm³/mol. The number of amides is 1. The van der Waals surface area contributed by atoms with E-state index in [1.54, 1.807) is 31.4 Å². The van der Waals surface area contributed by atoms with Crippen molar-refractivity contribution in [1.29, 1.82) is 0 Å². The molecule has 0 radical (unpaired) electrons. The van der Waals surface area contributed by atoms with Crippen molar-refractivity contribution in [2.45, 2.75) is 99.9 Å². The molecule has 2 aromatic carbocycles.